The van der Waals surface area contributed by atoms with Crippen LogP contribution in [0.3, 0.4) is 0 Å². The molecular weight excluding hydrogens is 342 g/mol. The average molecular weight is 367 g/mol. The molecule has 6 heteroatoms. The summed E-state index contributed by atoms with van der Waals surface area (Å²) in [5, 5.41) is 2.81. The van der Waals surface area contributed by atoms with E-state index in [1.165, 1.54) is 6.08 Å². The molecule has 0 fully saturated rings. The highest BCUT2D eigenvalue weighted by Crippen LogP contribution is 2.15. The fourth-order valence-electron chi connectivity index (χ4n) is 2.32. The Labute approximate surface area is 159 Å². The molecular formula is C21H25N3O3. The van der Waals surface area contributed by atoms with Crippen LogP contribution in [-0.2, 0) is 16.0 Å². The minimum Gasteiger partial charge on any atom is -0.483 e. The number of hydrazine groups is 1. The van der Waals surface area contributed by atoms with Crippen molar-refractivity contribution in [3.05, 3.63) is 77.5 Å². The van der Waals surface area contributed by atoms with Gasteiger partial charge in [0.15, 0.2) is 6.61 Å². The molecule has 0 heterocycles. The van der Waals surface area contributed by atoms with Gasteiger partial charge >= 0.3 is 0 Å². The summed E-state index contributed by atoms with van der Waals surface area (Å²) >= 11 is 0. The van der Waals surface area contributed by atoms with Crippen LogP contribution < -0.4 is 20.9 Å². The molecule has 0 unspecified atom stereocenters. The second kappa shape index (κ2) is 10.7. The fraction of sp³-hybridized carbons (Fsp3) is 0.238. The number of allylic oxidation sites excluding steroid dienone is 1. The van der Waals surface area contributed by atoms with Crippen molar-refractivity contribution in [3.63, 3.8) is 0 Å². The van der Waals surface area contributed by atoms with E-state index in [4.69, 9.17) is 4.74 Å². The van der Waals surface area contributed by atoms with E-state index >= 15 is 0 Å². The molecule has 2 aromatic carbocycles. The molecule has 142 valence electrons. The van der Waals surface area contributed by atoms with E-state index in [2.05, 4.69) is 16.2 Å². The van der Waals surface area contributed by atoms with Crippen molar-refractivity contribution >= 4 is 11.8 Å². The molecule has 0 aliphatic rings. The largest absolute Gasteiger partial charge is 0.483 e. The number of hydrogen-bond acceptors (Lipinski definition) is 4. The highest BCUT2D eigenvalue weighted by Gasteiger charge is 2.04. The van der Waals surface area contributed by atoms with Crippen molar-refractivity contribution in [2.24, 2.45) is 0 Å². The summed E-state index contributed by atoms with van der Waals surface area (Å²) in [6, 6.07) is 17.4. The molecule has 0 spiro atoms. The third-order valence-electron chi connectivity index (χ3n) is 3.75. The van der Waals surface area contributed by atoms with Crippen LogP contribution in [0, 0.1) is 6.92 Å². The third-order valence-corrected chi connectivity index (χ3v) is 3.75. The predicted octanol–water partition coefficient (Wildman–Crippen LogP) is 2.26. The van der Waals surface area contributed by atoms with Crippen LogP contribution in [0.15, 0.2) is 66.4 Å². The van der Waals surface area contributed by atoms with Gasteiger partial charge in [0.2, 0.25) is 5.91 Å². The summed E-state index contributed by atoms with van der Waals surface area (Å²) in [5.41, 5.74) is 7.84. The number of amides is 2. The molecule has 6 nitrogen and oxygen atoms in total. The molecule has 3 N–H and O–H groups in total. The van der Waals surface area contributed by atoms with Crippen molar-refractivity contribution in [1.82, 2.24) is 16.2 Å². The summed E-state index contributed by atoms with van der Waals surface area (Å²) in [6.07, 6.45) is 2.16. The Kier molecular flexibility index (Phi) is 7.91. The zero-order valence-corrected chi connectivity index (χ0v) is 15.6. The third kappa shape index (κ3) is 7.64. The highest BCUT2D eigenvalue weighted by atomic mass is 16.5. The maximum Gasteiger partial charge on any atom is 0.276 e. The Hall–Kier alpha value is -3.28. The van der Waals surface area contributed by atoms with Crippen molar-refractivity contribution in [2.75, 3.05) is 13.2 Å². The molecule has 0 radical (unpaired) electrons. The van der Waals surface area contributed by atoms with Crippen LogP contribution in [-0.4, -0.2) is 25.0 Å². The maximum absolute atomic E-state index is 11.9. The van der Waals surface area contributed by atoms with Crippen molar-refractivity contribution in [1.29, 1.82) is 0 Å². The van der Waals surface area contributed by atoms with Crippen molar-refractivity contribution in [2.45, 2.75) is 20.3 Å². The monoisotopic (exact) mass is 367 g/mol. The molecule has 2 rings (SSSR count). The zero-order chi connectivity index (χ0) is 19.5. The Morgan fingerprint density at radius 3 is 2.44 bits per heavy atom. The Morgan fingerprint density at radius 1 is 1.00 bits per heavy atom. The van der Waals surface area contributed by atoms with E-state index in [1.807, 2.05) is 55.5 Å². The lowest BCUT2D eigenvalue weighted by Gasteiger charge is -2.11. The van der Waals surface area contributed by atoms with Crippen molar-refractivity contribution < 1.29 is 14.3 Å². The Bertz CT molecular complexity index is 788. The first-order chi connectivity index (χ1) is 13.0. The van der Waals surface area contributed by atoms with Crippen LogP contribution in [0.2, 0.25) is 0 Å². The van der Waals surface area contributed by atoms with Gasteiger partial charge in [-0.05, 0) is 37.5 Å². The number of hydrogen-bond donors (Lipinski definition) is 3. The quantitative estimate of drug-likeness (QED) is 0.469. The second-order valence-corrected chi connectivity index (χ2v) is 6.08. The number of carbonyl (C=O) groups excluding carboxylic acids is 2. The van der Waals surface area contributed by atoms with E-state index in [1.54, 1.807) is 13.0 Å². The van der Waals surface area contributed by atoms with Gasteiger partial charge in [-0.1, -0.05) is 48.5 Å². The number of benzene rings is 2. The van der Waals surface area contributed by atoms with Gasteiger partial charge in [-0.15, -0.1) is 0 Å². The molecule has 27 heavy (non-hydrogen) atoms. The van der Waals surface area contributed by atoms with Crippen LogP contribution in [0.4, 0.5) is 0 Å². The molecule has 0 saturated carbocycles. The van der Waals surface area contributed by atoms with E-state index in [0.29, 0.717) is 18.0 Å². The smallest absolute Gasteiger partial charge is 0.276 e. The fourth-order valence-corrected chi connectivity index (χ4v) is 2.32. The molecule has 0 saturated heterocycles. The van der Waals surface area contributed by atoms with E-state index in [9.17, 15) is 9.59 Å². The lowest BCUT2D eigenvalue weighted by atomic mass is 10.1. The lowest BCUT2D eigenvalue weighted by Crippen LogP contribution is -2.39. The molecule has 2 aromatic rings. The summed E-state index contributed by atoms with van der Waals surface area (Å²) < 4.78 is 5.46. The highest BCUT2D eigenvalue weighted by molar-refractivity contribution is 5.88. The SMILES string of the molecule is CC(=CC(=O)NCCc1ccccc1)NNC(=O)COc1ccccc1C. The molecule has 0 bridgehead atoms. The Balaban J connectivity index is 1.66. The molecule has 0 aliphatic heterocycles. The normalized spacial score (nSPS) is 10.8. The number of carbonyl (C=O) groups is 2. The van der Waals surface area contributed by atoms with Crippen molar-refractivity contribution in [3.8, 4) is 5.75 Å². The van der Waals surface area contributed by atoms with Gasteiger partial charge in [0.25, 0.3) is 5.91 Å². The number of aryl methyl sites for hydroxylation is 1. The lowest BCUT2D eigenvalue weighted by molar-refractivity contribution is -0.124. The van der Waals surface area contributed by atoms with Crippen LogP contribution in [0.1, 0.15) is 18.1 Å². The minimum absolute atomic E-state index is 0.117. The molecule has 0 aromatic heterocycles. The molecule has 0 atom stereocenters. The topological polar surface area (TPSA) is 79.5 Å². The number of nitrogens with one attached hydrogen (secondary N) is 3. The number of ether oxygens (including phenoxy) is 1. The van der Waals surface area contributed by atoms with Gasteiger partial charge in [0.1, 0.15) is 5.75 Å². The average Bonchev–Trinajstić information content (AvgIpc) is 2.66. The van der Waals surface area contributed by atoms with Gasteiger partial charge in [-0.3, -0.25) is 15.0 Å². The van der Waals surface area contributed by atoms with Gasteiger partial charge in [0, 0.05) is 18.3 Å². The molecule has 0 aliphatic carbocycles. The first-order valence-corrected chi connectivity index (χ1v) is 8.78. The van der Waals surface area contributed by atoms with Crippen LogP contribution >= 0.6 is 0 Å². The summed E-state index contributed by atoms with van der Waals surface area (Å²) in [5.74, 6) is 0.106. The van der Waals surface area contributed by atoms with Gasteiger partial charge < -0.3 is 15.5 Å². The van der Waals surface area contributed by atoms with Crippen LogP contribution in [0.5, 0.6) is 5.75 Å². The van der Waals surface area contributed by atoms with Crippen LogP contribution in [0.25, 0.3) is 0 Å². The second-order valence-electron chi connectivity index (χ2n) is 6.08. The Morgan fingerprint density at radius 2 is 1.70 bits per heavy atom. The summed E-state index contributed by atoms with van der Waals surface area (Å²) in [4.78, 5) is 23.7. The van der Waals surface area contributed by atoms with E-state index in [0.717, 1.165) is 17.5 Å². The summed E-state index contributed by atoms with van der Waals surface area (Å²) in [7, 11) is 0. The summed E-state index contributed by atoms with van der Waals surface area (Å²) in [6.45, 7) is 4.03. The number of rotatable bonds is 9. The van der Waals surface area contributed by atoms with Gasteiger partial charge in [0.05, 0.1) is 0 Å². The standard InChI is InChI=1S/C21H25N3O3/c1-16-8-6-7-11-19(16)27-15-21(26)24-23-17(2)14-20(25)22-13-12-18-9-4-3-5-10-18/h3-11,14,23H,12-13,15H2,1-2H3,(H,22,25)(H,24,26). The first kappa shape index (κ1) is 20.0. The first-order valence-electron chi connectivity index (χ1n) is 8.78. The minimum atomic E-state index is -0.338. The van der Waals surface area contributed by atoms with Gasteiger partial charge in [-0.2, -0.15) is 0 Å². The zero-order valence-electron chi connectivity index (χ0n) is 15.6. The van der Waals surface area contributed by atoms with E-state index in [-0.39, 0.29) is 18.4 Å². The van der Waals surface area contributed by atoms with E-state index < -0.39 is 0 Å². The number of para-hydroxylation sites is 1. The predicted molar refractivity (Wildman–Crippen MR) is 105 cm³/mol. The molecule has 2 amide bonds. The maximum atomic E-state index is 11.9. The van der Waals surface area contributed by atoms with Gasteiger partial charge in [-0.25, -0.2) is 0 Å².